The van der Waals surface area contributed by atoms with Gasteiger partial charge in [0.2, 0.25) is 7.28 Å². The molecule has 0 unspecified atom stereocenters. The second-order valence-electron chi connectivity index (χ2n) is 3.54. The zero-order chi connectivity index (χ0) is 9.80. The second kappa shape index (κ2) is 4.27. The highest BCUT2D eigenvalue weighted by Crippen LogP contribution is 2.18. The number of hydrogen-bond acceptors (Lipinski definition) is 1. The Morgan fingerprint density at radius 1 is 1.21 bits per heavy atom. The molecule has 1 aromatic rings. The smallest absolute Gasteiger partial charge is 0.208 e. The third-order valence-electron chi connectivity index (χ3n) is 2.44. The van der Waals surface area contributed by atoms with Gasteiger partial charge in [0.1, 0.15) is 5.68 Å². The van der Waals surface area contributed by atoms with E-state index in [1.165, 1.54) is 0 Å². The molecule has 2 rings (SSSR count). The van der Waals surface area contributed by atoms with Gasteiger partial charge in [0, 0.05) is 0 Å². The van der Waals surface area contributed by atoms with Crippen LogP contribution in [0.25, 0.3) is 6.08 Å². The van der Waals surface area contributed by atoms with Crippen LogP contribution in [0.3, 0.4) is 0 Å². The maximum atomic E-state index is 11.5. The van der Waals surface area contributed by atoms with E-state index in [0.29, 0.717) is 0 Å². The van der Waals surface area contributed by atoms with Gasteiger partial charge in [-0.2, -0.15) is 0 Å². The van der Waals surface area contributed by atoms with Crippen molar-refractivity contribution < 1.29 is 4.79 Å². The summed E-state index contributed by atoms with van der Waals surface area (Å²) in [5.74, 6) is 0. The third kappa shape index (κ3) is 2.14. The molecule has 0 amide bonds. The van der Waals surface area contributed by atoms with Crippen LogP contribution in [0.5, 0.6) is 0 Å². The largest absolute Gasteiger partial charge is 0.307 e. The van der Waals surface area contributed by atoms with E-state index in [1.807, 2.05) is 36.4 Å². The Morgan fingerprint density at radius 3 is 2.71 bits per heavy atom. The molecule has 0 aromatic heterocycles. The lowest BCUT2D eigenvalue weighted by Gasteiger charge is -2.11. The van der Waals surface area contributed by atoms with Crippen molar-refractivity contribution >= 4 is 19.0 Å². The molecule has 1 aliphatic rings. The molecule has 1 aliphatic heterocycles. The van der Waals surface area contributed by atoms with Crippen molar-refractivity contribution in [2.45, 2.75) is 19.2 Å². The summed E-state index contributed by atoms with van der Waals surface area (Å²) in [5.41, 5.74) is 2.27. The highest BCUT2D eigenvalue weighted by atomic mass is 16.1. The lowest BCUT2D eigenvalue weighted by Crippen LogP contribution is -2.16. The molecular formula is C12H12BO. The fraction of sp³-hybridized carbons (Fsp3) is 0.250. The quantitative estimate of drug-likeness (QED) is 0.482. The summed E-state index contributed by atoms with van der Waals surface area (Å²) < 4.78 is 0. The molecule has 69 valence electrons. The minimum absolute atomic E-state index is 0.208. The number of rotatable bonds is 1. The first-order valence-corrected chi connectivity index (χ1v) is 4.99. The molecule has 0 atom stereocenters. The van der Waals surface area contributed by atoms with Crippen molar-refractivity contribution in [1.82, 2.24) is 0 Å². The fourth-order valence-electron chi connectivity index (χ4n) is 1.67. The molecule has 14 heavy (non-hydrogen) atoms. The summed E-state index contributed by atoms with van der Waals surface area (Å²) in [6.45, 7) is 0. The van der Waals surface area contributed by atoms with Crippen LogP contribution in [-0.2, 0) is 4.79 Å². The van der Waals surface area contributed by atoms with E-state index in [0.717, 1.165) is 30.3 Å². The Labute approximate surface area is 85.1 Å². The summed E-state index contributed by atoms with van der Waals surface area (Å²) in [5, 5.41) is 0. The molecule has 0 spiro atoms. The zero-order valence-corrected chi connectivity index (χ0v) is 8.07. The number of carbonyl (C=O) groups is 1. The van der Waals surface area contributed by atoms with Crippen LogP contribution in [0.1, 0.15) is 18.4 Å². The van der Waals surface area contributed by atoms with E-state index in [-0.39, 0.29) is 5.68 Å². The predicted octanol–water partition coefficient (Wildman–Crippen LogP) is 2.51. The topological polar surface area (TPSA) is 17.1 Å². The van der Waals surface area contributed by atoms with E-state index in [2.05, 4.69) is 0 Å². The number of allylic oxidation sites excluding steroid dienone is 1. The van der Waals surface area contributed by atoms with E-state index < -0.39 is 0 Å². The molecule has 1 saturated heterocycles. The molecular weight excluding hydrogens is 171 g/mol. The normalized spacial score (nSPS) is 19.4. The fourth-order valence-corrected chi connectivity index (χ4v) is 1.67. The molecule has 1 nitrogen and oxygen atoms in total. The third-order valence-corrected chi connectivity index (χ3v) is 2.44. The standard InChI is InChI=1S/C12H12BO/c14-12-11(7-4-8-13-12)9-10-5-2-1-3-6-10/h1-3,5-6,9H,4,7-8H2. The van der Waals surface area contributed by atoms with Crippen LogP contribution in [0.15, 0.2) is 35.9 Å². The molecule has 2 heteroatoms. The number of hydrogen-bond donors (Lipinski definition) is 0. The lowest BCUT2D eigenvalue weighted by molar-refractivity contribution is -0.109. The molecule has 1 radical (unpaired) electrons. The molecule has 1 aromatic carbocycles. The van der Waals surface area contributed by atoms with Crippen LogP contribution < -0.4 is 0 Å². The van der Waals surface area contributed by atoms with Crippen LogP contribution in [0, 0.1) is 0 Å². The highest BCUT2D eigenvalue weighted by molar-refractivity contribution is 6.78. The van der Waals surface area contributed by atoms with Gasteiger partial charge in [-0.05, 0) is 23.6 Å². The molecule has 0 saturated carbocycles. The van der Waals surface area contributed by atoms with Crippen molar-refractivity contribution in [3.63, 3.8) is 0 Å². The SMILES string of the molecule is O=C1[B]CCCC1=Cc1ccccc1. The Bertz CT molecular complexity index is 354. The maximum Gasteiger partial charge on any atom is 0.208 e. The maximum absolute atomic E-state index is 11.5. The van der Waals surface area contributed by atoms with E-state index in [4.69, 9.17) is 0 Å². The van der Waals surface area contributed by atoms with Crippen LogP contribution in [-0.4, -0.2) is 13.0 Å². The van der Waals surface area contributed by atoms with Gasteiger partial charge in [-0.25, -0.2) is 0 Å². The lowest BCUT2D eigenvalue weighted by atomic mass is 9.61. The van der Waals surface area contributed by atoms with Crippen molar-refractivity contribution in [2.24, 2.45) is 0 Å². The second-order valence-corrected chi connectivity index (χ2v) is 3.54. The van der Waals surface area contributed by atoms with Gasteiger partial charge in [-0.3, -0.25) is 0 Å². The summed E-state index contributed by atoms with van der Waals surface area (Å²) in [7, 11) is 1.79. The summed E-state index contributed by atoms with van der Waals surface area (Å²) in [6.07, 6.45) is 4.96. The van der Waals surface area contributed by atoms with Crippen molar-refractivity contribution in [3.05, 3.63) is 41.5 Å². The first kappa shape index (κ1) is 9.26. The minimum Gasteiger partial charge on any atom is -0.307 e. The van der Waals surface area contributed by atoms with Gasteiger partial charge < -0.3 is 4.79 Å². The van der Waals surface area contributed by atoms with Gasteiger partial charge in [-0.1, -0.05) is 43.1 Å². The highest BCUT2D eigenvalue weighted by Gasteiger charge is 2.15. The van der Waals surface area contributed by atoms with Crippen molar-refractivity contribution in [1.29, 1.82) is 0 Å². The molecule has 1 heterocycles. The predicted molar refractivity (Wildman–Crippen MR) is 59.2 cm³/mol. The first-order valence-electron chi connectivity index (χ1n) is 4.99. The van der Waals surface area contributed by atoms with Gasteiger partial charge in [0.15, 0.2) is 0 Å². The van der Waals surface area contributed by atoms with Crippen molar-refractivity contribution in [3.8, 4) is 0 Å². The number of benzene rings is 1. The van der Waals surface area contributed by atoms with Gasteiger partial charge in [0.25, 0.3) is 0 Å². The summed E-state index contributed by atoms with van der Waals surface area (Å²) >= 11 is 0. The average molecular weight is 183 g/mol. The Morgan fingerprint density at radius 2 is 2.00 bits per heavy atom. The van der Waals surface area contributed by atoms with Crippen LogP contribution >= 0.6 is 0 Å². The minimum atomic E-state index is 0.208. The molecule has 0 aliphatic carbocycles. The van der Waals surface area contributed by atoms with Gasteiger partial charge in [0.05, 0.1) is 0 Å². The zero-order valence-electron chi connectivity index (χ0n) is 8.07. The Kier molecular flexibility index (Phi) is 2.83. The summed E-state index contributed by atoms with van der Waals surface area (Å²) in [4.78, 5) is 11.5. The van der Waals surface area contributed by atoms with E-state index in [1.54, 1.807) is 7.28 Å². The van der Waals surface area contributed by atoms with Gasteiger partial charge in [-0.15, -0.1) is 0 Å². The Balaban J connectivity index is 2.21. The molecule has 1 fully saturated rings. The van der Waals surface area contributed by atoms with Gasteiger partial charge >= 0.3 is 0 Å². The van der Waals surface area contributed by atoms with Crippen molar-refractivity contribution in [2.75, 3.05) is 0 Å². The Hall–Kier alpha value is -1.31. The van der Waals surface area contributed by atoms with E-state index >= 15 is 0 Å². The summed E-state index contributed by atoms with van der Waals surface area (Å²) in [6, 6.07) is 10.0. The van der Waals surface area contributed by atoms with E-state index in [9.17, 15) is 4.79 Å². The van der Waals surface area contributed by atoms with Crippen LogP contribution in [0.4, 0.5) is 0 Å². The van der Waals surface area contributed by atoms with Crippen LogP contribution in [0.2, 0.25) is 6.32 Å². The molecule has 0 N–H and O–H groups in total. The first-order chi connectivity index (χ1) is 6.86. The monoisotopic (exact) mass is 183 g/mol. The molecule has 0 bridgehead atoms. The number of carbonyl (C=O) groups excluding carboxylic acids is 1. The average Bonchev–Trinajstić information content (AvgIpc) is 2.23.